The molecule has 0 aromatic heterocycles. The molecule has 21 heavy (non-hydrogen) atoms. The standard InChI is InChI=1S/C17H19NO3/c1-12(13-8-5-4-6-9-13)18-17(19)14-10-7-11-15(20-2)16(14)21-3/h4-12H,1-3H3,(H,18,19). The van der Waals surface area contributed by atoms with E-state index in [9.17, 15) is 4.79 Å². The molecule has 2 aromatic carbocycles. The lowest BCUT2D eigenvalue weighted by Gasteiger charge is -2.16. The molecular weight excluding hydrogens is 266 g/mol. The minimum atomic E-state index is -0.192. The Morgan fingerprint density at radius 1 is 1.00 bits per heavy atom. The van der Waals surface area contributed by atoms with Crippen LogP contribution in [0.1, 0.15) is 28.9 Å². The van der Waals surface area contributed by atoms with Crippen molar-refractivity contribution in [2.45, 2.75) is 13.0 Å². The summed E-state index contributed by atoms with van der Waals surface area (Å²) in [5.41, 5.74) is 1.51. The van der Waals surface area contributed by atoms with Crippen LogP contribution in [0.5, 0.6) is 11.5 Å². The lowest BCUT2D eigenvalue weighted by atomic mass is 10.1. The van der Waals surface area contributed by atoms with Crippen LogP contribution < -0.4 is 14.8 Å². The van der Waals surface area contributed by atoms with E-state index >= 15 is 0 Å². The van der Waals surface area contributed by atoms with E-state index in [0.29, 0.717) is 17.1 Å². The van der Waals surface area contributed by atoms with Gasteiger partial charge in [-0.1, -0.05) is 36.4 Å². The van der Waals surface area contributed by atoms with Gasteiger partial charge in [0.15, 0.2) is 11.5 Å². The number of benzene rings is 2. The third kappa shape index (κ3) is 3.34. The number of rotatable bonds is 5. The van der Waals surface area contributed by atoms with Crippen LogP contribution in [-0.2, 0) is 0 Å². The van der Waals surface area contributed by atoms with Crippen molar-refractivity contribution in [3.8, 4) is 11.5 Å². The number of para-hydroxylation sites is 1. The van der Waals surface area contributed by atoms with E-state index in [1.807, 2.05) is 37.3 Å². The maximum absolute atomic E-state index is 12.4. The number of carbonyl (C=O) groups is 1. The zero-order valence-corrected chi connectivity index (χ0v) is 12.4. The maximum atomic E-state index is 12.4. The highest BCUT2D eigenvalue weighted by atomic mass is 16.5. The summed E-state index contributed by atoms with van der Waals surface area (Å²) >= 11 is 0. The largest absolute Gasteiger partial charge is 0.493 e. The second-order valence-electron chi connectivity index (χ2n) is 4.65. The van der Waals surface area contributed by atoms with Gasteiger partial charge in [0.1, 0.15) is 0 Å². The summed E-state index contributed by atoms with van der Waals surface area (Å²) in [4.78, 5) is 12.4. The van der Waals surface area contributed by atoms with Gasteiger partial charge in [-0.15, -0.1) is 0 Å². The summed E-state index contributed by atoms with van der Waals surface area (Å²) < 4.78 is 10.5. The van der Waals surface area contributed by atoms with Crippen molar-refractivity contribution in [2.75, 3.05) is 14.2 Å². The van der Waals surface area contributed by atoms with E-state index in [1.165, 1.54) is 7.11 Å². The van der Waals surface area contributed by atoms with Gasteiger partial charge in [0.2, 0.25) is 0 Å². The minimum Gasteiger partial charge on any atom is -0.493 e. The van der Waals surface area contributed by atoms with E-state index in [-0.39, 0.29) is 11.9 Å². The number of hydrogen-bond donors (Lipinski definition) is 1. The predicted molar refractivity (Wildman–Crippen MR) is 81.9 cm³/mol. The van der Waals surface area contributed by atoms with Gasteiger partial charge in [-0.2, -0.15) is 0 Å². The topological polar surface area (TPSA) is 47.6 Å². The maximum Gasteiger partial charge on any atom is 0.255 e. The molecule has 4 heteroatoms. The molecule has 0 aliphatic rings. The lowest BCUT2D eigenvalue weighted by molar-refractivity contribution is 0.0936. The number of ether oxygens (including phenoxy) is 2. The predicted octanol–water partition coefficient (Wildman–Crippen LogP) is 3.19. The van der Waals surface area contributed by atoms with Gasteiger partial charge in [0.05, 0.1) is 25.8 Å². The van der Waals surface area contributed by atoms with Crippen LogP contribution in [0.2, 0.25) is 0 Å². The summed E-state index contributed by atoms with van der Waals surface area (Å²) in [6, 6.07) is 15.0. The molecular formula is C17H19NO3. The van der Waals surface area contributed by atoms with Crippen LogP contribution in [-0.4, -0.2) is 20.1 Å². The monoisotopic (exact) mass is 285 g/mol. The van der Waals surface area contributed by atoms with Crippen molar-refractivity contribution in [3.05, 3.63) is 59.7 Å². The molecule has 110 valence electrons. The summed E-state index contributed by atoms with van der Waals surface area (Å²) in [7, 11) is 3.07. The molecule has 0 saturated heterocycles. The van der Waals surface area contributed by atoms with E-state index < -0.39 is 0 Å². The summed E-state index contributed by atoms with van der Waals surface area (Å²) in [6.07, 6.45) is 0. The first-order valence-electron chi connectivity index (χ1n) is 6.74. The molecule has 1 amide bonds. The van der Waals surface area contributed by atoms with Crippen LogP contribution in [0, 0.1) is 0 Å². The van der Waals surface area contributed by atoms with Gasteiger partial charge in [0.25, 0.3) is 5.91 Å². The smallest absolute Gasteiger partial charge is 0.255 e. The molecule has 1 N–H and O–H groups in total. The first-order chi connectivity index (χ1) is 10.2. The van der Waals surface area contributed by atoms with Crippen molar-refractivity contribution in [1.29, 1.82) is 0 Å². The highest BCUT2D eigenvalue weighted by Gasteiger charge is 2.18. The quantitative estimate of drug-likeness (QED) is 0.917. The van der Waals surface area contributed by atoms with Crippen molar-refractivity contribution in [1.82, 2.24) is 5.32 Å². The van der Waals surface area contributed by atoms with Gasteiger partial charge in [0, 0.05) is 0 Å². The average molecular weight is 285 g/mol. The number of amides is 1. The van der Waals surface area contributed by atoms with Crippen LogP contribution in [0.15, 0.2) is 48.5 Å². The van der Waals surface area contributed by atoms with E-state index in [0.717, 1.165) is 5.56 Å². The third-order valence-corrected chi connectivity index (χ3v) is 3.29. The minimum absolute atomic E-state index is 0.0883. The Hall–Kier alpha value is -2.49. The summed E-state index contributed by atoms with van der Waals surface area (Å²) in [5.74, 6) is 0.789. The molecule has 0 saturated carbocycles. The fraction of sp³-hybridized carbons (Fsp3) is 0.235. The molecule has 0 radical (unpaired) electrons. The molecule has 0 heterocycles. The second kappa shape index (κ2) is 6.79. The lowest BCUT2D eigenvalue weighted by Crippen LogP contribution is -2.27. The first-order valence-corrected chi connectivity index (χ1v) is 6.74. The zero-order valence-electron chi connectivity index (χ0n) is 12.4. The number of nitrogens with one attached hydrogen (secondary N) is 1. The average Bonchev–Trinajstić information content (AvgIpc) is 2.54. The van der Waals surface area contributed by atoms with E-state index in [4.69, 9.17) is 9.47 Å². The van der Waals surface area contributed by atoms with E-state index in [1.54, 1.807) is 25.3 Å². The highest BCUT2D eigenvalue weighted by Crippen LogP contribution is 2.30. The first kappa shape index (κ1) is 14.9. The summed E-state index contributed by atoms with van der Waals surface area (Å²) in [5, 5.41) is 2.96. The van der Waals surface area contributed by atoms with Crippen molar-refractivity contribution >= 4 is 5.91 Å². The van der Waals surface area contributed by atoms with Gasteiger partial charge in [-0.3, -0.25) is 4.79 Å². The van der Waals surface area contributed by atoms with Crippen molar-refractivity contribution < 1.29 is 14.3 Å². The normalized spacial score (nSPS) is 11.6. The Balaban J connectivity index is 2.21. The van der Waals surface area contributed by atoms with Crippen LogP contribution in [0.3, 0.4) is 0 Å². The molecule has 2 rings (SSSR count). The molecule has 0 fully saturated rings. The summed E-state index contributed by atoms with van der Waals surface area (Å²) in [6.45, 7) is 1.94. The Kier molecular flexibility index (Phi) is 4.82. The van der Waals surface area contributed by atoms with Gasteiger partial charge in [-0.05, 0) is 24.6 Å². The highest BCUT2D eigenvalue weighted by molar-refractivity contribution is 5.98. The van der Waals surface area contributed by atoms with Gasteiger partial charge >= 0.3 is 0 Å². The molecule has 0 bridgehead atoms. The molecule has 0 spiro atoms. The molecule has 0 aliphatic heterocycles. The number of carbonyl (C=O) groups excluding carboxylic acids is 1. The number of methoxy groups -OCH3 is 2. The molecule has 1 atom stereocenters. The molecule has 1 unspecified atom stereocenters. The zero-order chi connectivity index (χ0) is 15.2. The van der Waals surface area contributed by atoms with Crippen LogP contribution in [0.25, 0.3) is 0 Å². The Bertz CT molecular complexity index is 611. The molecule has 4 nitrogen and oxygen atoms in total. The Labute approximate surface area is 124 Å². The fourth-order valence-electron chi connectivity index (χ4n) is 2.17. The fourth-order valence-corrected chi connectivity index (χ4v) is 2.17. The van der Waals surface area contributed by atoms with Crippen molar-refractivity contribution in [3.63, 3.8) is 0 Å². The Morgan fingerprint density at radius 2 is 1.71 bits per heavy atom. The molecule has 0 aliphatic carbocycles. The van der Waals surface area contributed by atoms with Gasteiger partial charge in [-0.25, -0.2) is 0 Å². The SMILES string of the molecule is COc1cccc(C(=O)NC(C)c2ccccc2)c1OC. The second-order valence-corrected chi connectivity index (χ2v) is 4.65. The van der Waals surface area contributed by atoms with Crippen LogP contribution >= 0.6 is 0 Å². The number of hydrogen-bond acceptors (Lipinski definition) is 3. The third-order valence-electron chi connectivity index (χ3n) is 3.29. The van der Waals surface area contributed by atoms with Crippen LogP contribution in [0.4, 0.5) is 0 Å². The van der Waals surface area contributed by atoms with Crippen molar-refractivity contribution in [2.24, 2.45) is 0 Å². The Morgan fingerprint density at radius 3 is 2.33 bits per heavy atom. The van der Waals surface area contributed by atoms with Gasteiger partial charge < -0.3 is 14.8 Å². The molecule has 2 aromatic rings. The van der Waals surface area contributed by atoms with E-state index in [2.05, 4.69) is 5.32 Å².